The van der Waals surface area contributed by atoms with E-state index >= 15 is 0 Å². The van der Waals surface area contributed by atoms with Crippen molar-refractivity contribution in [3.05, 3.63) is 126 Å². The van der Waals surface area contributed by atoms with Gasteiger partial charge in [-0.3, -0.25) is 9.71 Å². The van der Waals surface area contributed by atoms with Gasteiger partial charge in [0, 0.05) is 49.1 Å². The summed E-state index contributed by atoms with van der Waals surface area (Å²) in [6, 6.07) is 29.1. The molecule has 0 radical (unpaired) electrons. The number of aliphatic hydroxyl groups is 1. The molecule has 3 unspecified atom stereocenters. The second-order valence-corrected chi connectivity index (χ2v) is 11.9. The van der Waals surface area contributed by atoms with Gasteiger partial charge in [-0.25, -0.2) is 8.42 Å². The number of likely N-dealkylation sites (N-methyl/N-ethyl adjacent to an activating group) is 1. The third kappa shape index (κ3) is 7.78. The average molecular weight is 574 g/mol. The van der Waals surface area contributed by atoms with E-state index in [9.17, 15) is 13.5 Å². The van der Waals surface area contributed by atoms with Crippen molar-refractivity contribution in [2.75, 3.05) is 24.9 Å². The SMILES string of the molecule is CN(CCc1ccccn1)CC1CC(c2ccc(CO)cc2)OC(c2ccc(NS(=O)(=O)c3ccccc3)cc2)O1. The number of pyridine rings is 1. The molecule has 1 aliphatic rings. The number of anilines is 1. The van der Waals surface area contributed by atoms with Crippen LogP contribution in [-0.4, -0.2) is 49.6 Å². The highest BCUT2D eigenvalue weighted by Crippen LogP contribution is 2.38. The van der Waals surface area contributed by atoms with Crippen LogP contribution in [0.2, 0.25) is 0 Å². The molecule has 9 heteroatoms. The number of benzene rings is 3. The van der Waals surface area contributed by atoms with Gasteiger partial charge in [0.15, 0.2) is 6.29 Å². The Morgan fingerprint density at radius 3 is 2.29 bits per heavy atom. The topological polar surface area (TPSA) is 101 Å². The van der Waals surface area contributed by atoms with Gasteiger partial charge in [0.25, 0.3) is 10.0 Å². The molecule has 2 N–H and O–H groups in total. The van der Waals surface area contributed by atoms with Gasteiger partial charge in [0.2, 0.25) is 0 Å². The fraction of sp³-hybridized carbons (Fsp3) is 0.281. The van der Waals surface area contributed by atoms with Crippen molar-refractivity contribution in [2.45, 2.75) is 42.8 Å². The van der Waals surface area contributed by atoms with E-state index in [0.717, 1.165) is 35.3 Å². The molecule has 1 aliphatic heterocycles. The minimum absolute atomic E-state index is 0.0123. The first kappa shape index (κ1) is 28.9. The second-order valence-electron chi connectivity index (χ2n) is 10.2. The van der Waals surface area contributed by atoms with E-state index in [4.69, 9.17) is 9.47 Å². The summed E-state index contributed by atoms with van der Waals surface area (Å²) in [7, 11) is -1.61. The summed E-state index contributed by atoms with van der Waals surface area (Å²) in [5, 5.41) is 9.46. The maximum atomic E-state index is 12.7. The smallest absolute Gasteiger partial charge is 0.261 e. The molecule has 0 aliphatic carbocycles. The van der Waals surface area contributed by atoms with E-state index in [1.54, 1.807) is 42.5 Å². The standard InChI is InChI=1S/C32H35N3O5S/c1-35(20-18-27-7-5-6-19-33-27)22-29-21-31(25-12-10-24(23-36)11-13-25)40-32(39-29)26-14-16-28(17-15-26)34-41(37,38)30-8-3-2-4-9-30/h2-17,19,29,31-32,34,36H,18,20-23H2,1H3. The van der Waals surface area contributed by atoms with Crippen molar-refractivity contribution in [1.82, 2.24) is 9.88 Å². The summed E-state index contributed by atoms with van der Waals surface area (Å²) in [5.74, 6) is 0. The molecule has 4 aromatic rings. The number of sulfonamides is 1. The average Bonchev–Trinajstić information content (AvgIpc) is 3.01. The molecule has 41 heavy (non-hydrogen) atoms. The van der Waals surface area contributed by atoms with Gasteiger partial charge in [-0.2, -0.15) is 0 Å². The molecule has 8 nitrogen and oxygen atoms in total. The van der Waals surface area contributed by atoms with Crippen molar-refractivity contribution in [2.24, 2.45) is 0 Å². The van der Waals surface area contributed by atoms with E-state index < -0.39 is 16.3 Å². The molecule has 2 heterocycles. The van der Waals surface area contributed by atoms with Gasteiger partial charge >= 0.3 is 0 Å². The van der Waals surface area contributed by atoms with Gasteiger partial charge in [0.1, 0.15) is 0 Å². The zero-order valence-corrected chi connectivity index (χ0v) is 23.8. The third-order valence-corrected chi connectivity index (χ3v) is 8.49. The molecular formula is C32H35N3O5S. The first-order valence-electron chi connectivity index (χ1n) is 13.7. The van der Waals surface area contributed by atoms with Crippen LogP contribution in [0.5, 0.6) is 0 Å². The van der Waals surface area contributed by atoms with E-state index in [1.807, 2.05) is 60.8 Å². The Balaban J connectivity index is 1.30. The van der Waals surface area contributed by atoms with Crippen LogP contribution in [0.25, 0.3) is 0 Å². The maximum absolute atomic E-state index is 12.7. The molecule has 5 rings (SSSR count). The lowest BCUT2D eigenvalue weighted by Crippen LogP contribution is -2.38. The number of hydrogen-bond acceptors (Lipinski definition) is 7. The predicted molar refractivity (Wildman–Crippen MR) is 158 cm³/mol. The number of nitrogens with zero attached hydrogens (tertiary/aromatic N) is 2. The number of hydrogen-bond donors (Lipinski definition) is 2. The number of ether oxygens (including phenoxy) is 2. The van der Waals surface area contributed by atoms with E-state index in [1.165, 1.54) is 0 Å². The van der Waals surface area contributed by atoms with Crippen LogP contribution < -0.4 is 4.72 Å². The molecule has 1 aromatic heterocycles. The van der Waals surface area contributed by atoms with Gasteiger partial charge < -0.3 is 19.5 Å². The molecule has 3 aromatic carbocycles. The van der Waals surface area contributed by atoms with Crippen LogP contribution in [0, 0.1) is 0 Å². The third-order valence-electron chi connectivity index (χ3n) is 7.09. The summed E-state index contributed by atoms with van der Waals surface area (Å²) in [6.45, 7) is 1.54. The second kappa shape index (κ2) is 13.4. The Morgan fingerprint density at radius 2 is 1.61 bits per heavy atom. The van der Waals surface area contributed by atoms with Gasteiger partial charge in [-0.05, 0) is 54.6 Å². The highest BCUT2D eigenvalue weighted by Gasteiger charge is 2.32. The Bertz CT molecular complexity index is 1480. The lowest BCUT2D eigenvalue weighted by Gasteiger charge is -2.38. The number of aromatic nitrogens is 1. The van der Waals surface area contributed by atoms with Gasteiger partial charge in [0.05, 0.1) is 23.7 Å². The Kier molecular flexibility index (Phi) is 9.43. The highest BCUT2D eigenvalue weighted by atomic mass is 32.2. The van der Waals surface area contributed by atoms with E-state index in [-0.39, 0.29) is 23.7 Å². The predicted octanol–water partition coefficient (Wildman–Crippen LogP) is 5.09. The van der Waals surface area contributed by atoms with Crippen molar-refractivity contribution in [3.63, 3.8) is 0 Å². The van der Waals surface area contributed by atoms with Crippen LogP contribution in [0.15, 0.2) is 108 Å². The van der Waals surface area contributed by atoms with Crippen molar-refractivity contribution < 1.29 is 23.0 Å². The minimum atomic E-state index is -3.69. The molecule has 0 amide bonds. The zero-order valence-electron chi connectivity index (χ0n) is 23.0. The molecule has 214 valence electrons. The quantitative estimate of drug-likeness (QED) is 0.258. The summed E-state index contributed by atoms with van der Waals surface area (Å²) >= 11 is 0. The summed E-state index contributed by atoms with van der Waals surface area (Å²) in [4.78, 5) is 6.87. The highest BCUT2D eigenvalue weighted by molar-refractivity contribution is 7.92. The zero-order chi connectivity index (χ0) is 28.7. The van der Waals surface area contributed by atoms with Crippen LogP contribution in [0.4, 0.5) is 5.69 Å². The lowest BCUT2D eigenvalue weighted by atomic mass is 9.99. The summed E-state index contributed by atoms with van der Waals surface area (Å²) < 4.78 is 41.0. The fourth-order valence-corrected chi connectivity index (χ4v) is 5.93. The number of rotatable bonds is 11. The number of aliphatic hydroxyl groups excluding tert-OH is 1. The largest absolute Gasteiger partial charge is 0.392 e. The minimum Gasteiger partial charge on any atom is -0.392 e. The first-order chi connectivity index (χ1) is 19.9. The van der Waals surface area contributed by atoms with Crippen molar-refractivity contribution in [1.29, 1.82) is 0 Å². The summed E-state index contributed by atoms with van der Waals surface area (Å²) in [6.07, 6.45) is 2.41. The summed E-state index contributed by atoms with van der Waals surface area (Å²) in [5.41, 5.74) is 4.16. The monoisotopic (exact) mass is 573 g/mol. The van der Waals surface area contributed by atoms with Crippen molar-refractivity contribution >= 4 is 15.7 Å². The van der Waals surface area contributed by atoms with Crippen LogP contribution in [-0.2, 0) is 32.5 Å². The Labute approximate surface area is 241 Å². The first-order valence-corrected chi connectivity index (χ1v) is 15.1. The van der Waals surface area contributed by atoms with Crippen molar-refractivity contribution in [3.8, 4) is 0 Å². The fourth-order valence-electron chi connectivity index (χ4n) is 4.85. The maximum Gasteiger partial charge on any atom is 0.261 e. The van der Waals surface area contributed by atoms with E-state index in [2.05, 4.69) is 21.7 Å². The molecule has 3 atom stereocenters. The molecule has 0 saturated carbocycles. The molecule has 1 fully saturated rings. The van der Waals surface area contributed by atoms with E-state index in [0.29, 0.717) is 18.7 Å². The molecule has 0 spiro atoms. The molecule has 1 saturated heterocycles. The van der Waals surface area contributed by atoms with Crippen LogP contribution >= 0.6 is 0 Å². The molecule has 0 bridgehead atoms. The van der Waals surface area contributed by atoms with Crippen LogP contribution in [0.1, 0.15) is 41.2 Å². The van der Waals surface area contributed by atoms with Gasteiger partial charge in [-0.1, -0.05) is 60.7 Å². The normalized spacial score (nSPS) is 19.2. The molecular weight excluding hydrogens is 538 g/mol. The number of nitrogens with one attached hydrogen (secondary N) is 1. The van der Waals surface area contributed by atoms with Gasteiger partial charge in [-0.15, -0.1) is 0 Å². The Morgan fingerprint density at radius 1 is 0.902 bits per heavy atom. The Hall–Kier alpha value is -3.60. The lowest BCUT2D eigenvalue weighted by molar-refractivity contribution is -0.252. The van der Waals surface area contributed by atoms with Crippen LogP contribution in [0.3, 0.4) is 0 Å².